The molecule has 21 heavy (non-hydrogen) atoms. The van der Waals surface area contributed by atoms with E-state index in [4.69, 9.17) is 4.42 Å². The molecule has 0 spiro atoms. The first-order valence-electron chi connectivity index (χ1n) is 6.63. The van der Waals surface area contributed by atoms with E-state index < -0.39 is 6.04 Å². The quantitative estimate of drug-likeness (QED) is 0.663. The highest BCUT2D eigenvalue weighted by molar-refractivity contribution is 5.87. The Morgan fingerprint density at radius 2 is 2.19 bits per heavy atom. The first-order chi connectivity index (χ1) is 10.3. The van der Waals surface area contributed by atoms with Crippen LogP contribution in [0.3, 0.4) is 0 Å². The van der Waals surface area contributed by atoms with Crippen molar-refractivity contribution >= 4 is 16.8 Å². The van der Waals surface area contributed by atoms with Crippen molar-refractivity contribution in [1.82, 2.24) is 15.5 Å². The van der Waals surface area contributed by atoms with Gasteiger partial charge in [-0.25, -0.2) is 0 Å². The summed E-state index contributed by atoms with van der Waals surface area (Å²) in [5, 5.41) is 20.0. The van der Waals surface area contributed by atoms with Crippen molar-refractivity contribution < 1.29 is 14.3 Å². The largest absolute Gasteiger partial charge is 0.467 e. The zero-order valence-electron chi connectivity index (χ0n) is 11.2. The number of aromatic nitrogens is 2. The summed E-state index contributed by atoms with van der Waals surface area (Å²) in [5.41, 5.74) is 1.57. The fourth-order valence-electron chi connectivity index (χ4n) is 2.25. The lowest BCUT2D eigenvalue weighted by atomic mass is 10.1. The molecule has 0 saturated carbocycles. The molecular formula is C15H15N3O3. The third-order valence-electron chi connectivity index (χ3n) is 3.28. The molecule has 0 saturated heterocycles. The molecule has 1 amide bonds. The van der Waals surface area contributed by atoms with Crippen LogP contribution in [0.25, 0.3) is 10.9 Å². The minimum Gasteiger partial charge on any atom is -0.467 e. The maximum atomic E-state index is 12.1. The number of fused-ring (bicyclic) bond motifs is 1. The van der Waals surface area contributed by atoms with Crippen LogP contribution in [0.4, 0.5) is 0 Å². The summed E-state index contributed by atoms with van der Waals surface area (Å²) in [4.78, 5) is 12.1. The average Bonchev–Trinajstić information content (AvgIpc) is 3.15. The molecule has 2 aromatic heterocycles. The number of nitrogens with zero attached hydrogens (tertiary/aromatic N) is 1. The predicted molar refractivity (Wildman–Crippen MR) is 76.5 cm³/mol. The fraction of sp³-hybridized carbons (Fsp3) is 0.200. The van der Waals surface area contributed by atoms with Crippen molar-refractivity contribution in [2.24, 2.45) is 0 Å². The van der Waals surface area contributed by atoms with Gasteiger partial charge in [-0.3, -0.25) is 9.89 Å². The van der Waals surface area contributed by atoms with Gasteiger partial charge in [0.2, 0.25) is 5.91 Å². The highest BCUT2D eigenvalue weighted by Crippen LogP contribution is 2.17. The number of benzene rings is 1. The lowest BCUT2D eigenvalue weighted by molar-refractivity contribution is -0.121. The smallest absolute Gasteiger partial charge is 0.226 e. The minimum absolute atomic E-state index is 0.164. The van der Waals surface area contributed by atoms with Gasteiger partial charge in [-0.1, -0.05) is 18.2 Å². The van der Waals surface area contributed by atoms with Crippen molar-refractivity contribution in [2.45, 2.75) is 12.5 Å². The van der Waals surface area contributed by atoms with Crippen molar-refractivity contribution in [2.75, 3.05) is 6.61 Å². The number of furan rings is 1. The monoisotopic (exact) mass is 285 g/mol. The van der Waals surface area contributed by atoms with Crippen LogP contribution in [0, 0.1) is 0 Å². The molecule has 3 N–H and O–H groups in total. The molecule has 0 bridgehead atoms. The molecule has 6 nitrogen and oxygen atoms in total. The molecule has 0 aliphatic carbocycles. The van der Waals surface area contributed by atoms with Gasteiger partial charge in [-0.05, 0) is 18.2 Å². The summed E-state index contributed by atoms with van der Waals surface area (Å²) in [6.45, 7) is -0.219. The topological polar surface area (TPSA) is 91.2 Å². The summed E-state index contributed by atoms with van der Waals surface area (Å²) < 4.78 is 5.20. The number of rotatable bonds is 5. The van der Waals surface area contributed by atoms with E-state index in [0.717, 1.165) is 16.6 Å². The summed E-state index contributed by atoms with van der Waals surface area (Å²) in [5.74, 6) is 0.320. The van der Waals surface area contributed by atoms with Crippen molar-refractivity contribution in [3.05, 3.63) is 54.1 Å². The van der Waals surface area contributed by atoms with Crippen LogP contribution in [0.1, 0.15) is 17.5 Å². The van der Waals surface area contributed by atoms with Gasteiger partial charge in [-0.2, -0.15) is 5.10 Å². The van der Waals surface area contributed by atoms with Gasteiger partial charge in [-0.15, -0.1) is 0 Å². The number of para-hydroxylation sites is 1. The Morgan fingerprint density at radius 3 is 2.95 bits per heavy atom. The number of hydrogen-bond donors (Lipinski definition) is 3. The Bertz CT molecular complexity index is 734. The molecular weight excluding hydrogens is 270 g/mol. The second-order valence-corrected chi connectivity index (χ2v) is 4.71. The second-order valence-electron chi connectivity index (χ2n) is 4.71. The third-order valence-corrected chi connectivity index (χ3v) is 3.28. The Labute approximate surface area is 120 Å². The first-order valence-corrected chi connectivity index (χ1v) is 6.63. The van der Waals surface area contributed by atoms with Crippen molar-refractivity contribution in [1.29, 1.82) is 0 Å². The zero-order chi connectivity index (χ0) is 14.7. The van der Waals surface area contributed by atoms with Crippen LogP contribution >= 0.6 is 0 Å². The van der Waals surface area contributed by atoms with E-state index in [-0.39, 0.29) is 18.9 Å². The molecule has 0 radical (unpaired) electrons. The number of H-pyrrole nitrogens is 1. The van der Waals surface area contributed by atoms with E-state index in [2.05, 4.69) is 15.5 Å². The van der Waals surface area contributed by atoms with Crippen molar-refractivity contribution in [3.8, 4) is 0 Å². The highest BCUT2D eigenvalue weighted by atomic mass is 16.3. The van der Waals surface area contributed by atoms with Crippen LogP contribution in [-0.2, 0) is 11.2 Å². The minimum atomic E-state index is -0.540. The molecule has 2 heterocycles. The molecule has 3 rings (SSSR count). The molecule has 1 aromatic carbocycles. The normalized spacial score (nSPS) is 12.4. The Kier molecular flexibility index (Phi) is 3.70. The molecule has 0 aliphatic rings. The lowest BCUT2D eigenvalue weighted by Gasteiger charge is -2.13. The van der Waals surface area contributed by atoms with Crippen LogP contribution in [0.5, 0.6) is 0 Å². The summed E-state index contributed by atoms with van der Waals surface area (Å²) >= 11 is 0. The van der Waals surface area contributed by atoms with Gasteiger partial charge in [0.15, 0.2) is 0 Å². The second kappa shape index (κ2) is 5.80. The molecule has 1 unspecified atom stereocenters. The number of amides is 1. The van der Waals surface area contributed by atoms with Gasteiger partial charge in [0, 0.05) is 5.39 Å². The van der Waals surface area contributed by atoms with Crippen LogP contribution < -0.4 is 5.32 Å². The fourth-order valence-corrected chi connectivity index (χ4v) is 2.25. The van der Waals surface area contributed by atoms with Gasteiger partial charge in [0.05, 0.1) is 30.5 Å². The van der Waals surface area contributed by atoms with Gasteiger partial charge in [0.25, 0.3) is 0 Å². The average molecular weight is 285 g/mol. The molecule has 6 heteroatoms. The first kappa shape index (κ1) is 13.4. The summed E-state index contributed by atoms with van der Waals surface area (Å²) in [6.07, 6.45) is 1.67. The van der Waals surface area contributed by atoms with Gasteiger partial charge < -0.3 is 14.8 Å². The number of nitrogens with one attached hydrogen (secondary N) is 2. The van der Waals surface area contributed by atoms with E-state index in [1.54, 1.807) is 12.1 Å². The SMILES string of the molecule is O=C(Cc1[nH]nc2ccccc12)NC(CO)c1ccco1. The van der Waals surface area contributed by atoms with E-state index in [1.165, 1.54) is 6.26 Å². The zero-order valence-corrected chi connectivity index (χ0v) is 11.2. The predicted octanol–water partition coefficient (Wildman–Crippen LogP) is 1.55. The number of hydrogen-bond acceptors (Lipinski definition) is 4. The van der Waals surface area contributed by atoms with E-state index in [1.807, 2.05) is 24.3 Å². The Hall–Kier alpha value is -2.60. The van der Waals surface area contributed by atoms with E-state index >= 15 is 0 Å². The number of aliphatic hydroxyl groups is 1. The number of carbonyl (C=O) groups excluding carboxylic acids is 1. The van der Waals surface area contributed by atoms with Crippen LogP contribution in [-0.4, -0.2) is 27.8 Å². The highest BCUT2D eigenvalue weighted by Gasteiger charge is 2.17. The van der Waals surface area contributed by atoms with E-state index in [9.17, 15) is 9.90 Å². The molecule has 3 aromatic rings. The Morgan fingerprint density at radius 1 is 1.33 bits per heavy atom. The number of aromatic amines is 1. The maximum Gasteiger partial charge on any atom is 0.226 e. The van der Waals surface area contributed by atoms with Crippen LogP contribution in [0.15, 0.2) is 47.1 Å². The lowest BCUT2D eigenvalue weighted by Crippen LogP contribution is -2.31. The van der Waals surface area contributed by atoms with Gasteiger partial charge in [0.1, 0.15) is 11.8 Å². The molecule has 108 valence electrons. The van der Waals surface area contributed by atoms with E-state index in [0.29, 0.717) is 5.76 Å². The molecule has 1 atom stereocenters. The maximum absolute atomic E-state index is 12.1. The molecule has 0 aliphatic heterocycles. The Balaban J connectivity index is 1.71. The summed E-state index contributed by atoms with van der Waals surface area (Å²) in [6, 6.07) is 10.5. The summed E-state index contributed by atoms with van der Waals surface area (Å²) in [7, 11) is 0. The standard InChI is InChI=1S/C15H15N3O3/c19-9-13(14-6-3-7-21-14)16-15(20)8-12-10-4-1-2-5-11(10)17-18-12/h1-7,13,19H,8-9H2,(H,16,20)(H,17,18). The van der Waals surface area contributed by atoms with Gasteiger partial charge >= 0.3 is 0 Å². The molecule has 0 fully saturated rings. The third kappa shape index (κ3) is 2.80. The number of aliphatic hydroxyl groups excluding tert-OH is 1. The van der Waals surface area contributed by atoms with Crippen LogP contribution in [0.2, 0.25) is 0 Å². The number of carbonyl (C=O) groups is 1. The van der Waals surface area contributed by atoms with Crippen molar-refractivity contribution in [3.63, 3.8) is 0 Å².